The van der Waals surface area contributed by atoms with Crippen molar-refractivity contribution in [3.8, 4) is 0 Å². The van der Waals surface area contributed by atoms with Crippen molar-refractivity contribution >= 4 is 27.5 Å². The molecular formula is C18H19BrClN. The average Bonchev–Trinajstić information content (AvgIpc) is 2.44. The summed E-state index contributed by atoms with van der Waals surface area (Å²) in [5, 5.41) is 4.51. The molecule has 1 aliphatic carbocycles. The van der Waals surface area contributed by atoms with E-state index < -0.39 is 0 Å². The lowest BCUT2D eigenvalue weighted by atomic mass is 9.75. The smallest absolute Gasteiger partial charge is 0.0406 e. The molecule has 0 bridgehead atoms. The first-order chi connectivity index (χ1) is 10.1. The van der Waals surface area contributed by atoms with Crippen LogP contribution in [0.1, 0.15) is 42.9 Å². The van der Waals surface area contributed by atoms with Crippen molar-refractivity contribution in [1.29, 1.82) is 0 Å². The van der Waals surface area contributed by atoms with Crippen molar-refractivity contribution in [3.05, 3.63) is 69.2 Å². The molecule has 0 unspecified atom stereocenters. The molecule has 110 valence electrons. The molecule has 0 aromatic heterocycles. The largest absolute Gasteiger partial charge is 0.307 e. The lowest BCUT2D eigenvalue weighted by molar-refractivity contribution is 0.270. The maximum Gasteiger partial charge on any atom is 0.0406 e. The summed E-state index contributed by atoms with van der Waals surface area (Å²) < 4.78 is 1.24. The summed E-state index contributed by atoms with van der Waals surface area (Å²) in [5.74, 6) is 0.676. The molecule has 0 spiro atoms. The van der Waals surface area contributed by atoms with E-state index in [1.165, 1.54) is 28.4 Å². The van der Waals surface area contributed by atoms with Crippen LogP contribution in [0, 0.1) is 0 Å². The standard InChI is InChI=1S/C18H19BrClN/c1-12(13-6-8-15(20)9-7-13)21-16-10-14(11-16)17-4-2-3-5-18(17)19/h2-9,12,14,16,21H,10-11H2,1H3/t12-,14?,16?/m1/s1. The fraction of sp³-hybridized carbons (Fsp3) is 0.333. The van der Waals surface area contributed by atoms with Crippen molar-refractivity contribution in [2.75, 3.05) is 0 Å². The summed E-state index contributed by atoms with van der Waals surface area (Å²) >= 11 is 9.59. The zero-order valence-electron chi connectivity index (χ0n) is 12.0. The fourth-order valence-corrected chi connectivity index (χ4v) is 3.75. The van der Waals surface area contributed by atoms with Crippen LogP contribution in [0.3, 0.4) is 0 Å². The second-order valence-corrected chi connectivity index (χ2v) is 7.12. The van der Waals surface area contributed by atoms with E-state index in [1.807, 2.05) is 12.1 Å². The Bertz CT molecular complexity index is 605. The van der Waals surface area contributed by atoms with E-state index in [-0.39, 0.29) is 0 Å². The molecule has 0 amide bonds. The van der Waals surface area contributed by atoms with Crippen molar-refractivity contribution < 1.29 is 0 Å². The van der Waals surface area contributed by atoms with Gasteiger partial charge in [-0.3, -0.25) is 0 Å². The molecule has 3 heteroatoms. The molecule has 0 aliphatic heterocycles. The van der Waals surface area contributed by atoms with Crippen LogP contribution in [0.5, 0.6) is 0 Å². The van der Waals surface area contributed by atoms with E-state index in [1.54, 1.807) is 0 Å². The minimum absolute atomic E-state index is 0.368. The van der Waals surface area contributed by atoms with E-state index in [0.29, 0.717) is 18.0 Å². The van der Waals surface area contributed by atoms with Gasteiger partial charge in [-0.15, -0.1) is 0 Å². The molecule has 1 atom stereocenters. The summed E-state index contributed by atoms with van der Waals surface area (Å²) in [7, 11) is 0. The molecule has 1 aliphatic rings. The van der Waals surface area contributed by atoms with Gasteiger partial charge in [0.2, 0.25) is 0 Å². The van der Waals surface area contributed by atoms with Crippen LogP contribution >= 0.6 is 27.5 Å². The molecular weight excluding hydrogens is 346 g/mol. The molecule has 1 saturated carbocycles. The number of rotatable bonds is 4. The van der Waals surface area contributed by atoms with Gasteiger partial charge in [0.05, 0.1) is 0 Å². The third-order valence-electron chi connectivity index (χ3n) is 4.34. The first-order valence-corrected chi connectivity index (χ1v) is 8.56. The Labute approximate surface area is 139 Å². The van der Waals surface area contributed by atoms with Gasteiger partial charge in [-0.25, -0.2) is 0 Å². The molecule has 2 aromatic rings. The lowest BCUT2D eigenvalue weighted by Gasteiger charge is -2.38. The van der Waals surface area contributed by atoms with Gasteiger partial charge in [0.1, 0.15) is 0 Å². The molecule has 21 heavy (non-hydrogen) atoms. The highest BCUT2D eigenvalue weighted by Crippen LogP contribution is 2.40. The van der Waals surface area contributed by atoms with Gasteiger partial charge in [0, 0.05) is 21.6 Å². The van der Waals surface area contributed by atoms with Crippen LogP contribution in [0.25, 0.3) is 0 Å². The van der Waals surface area contributed by atoms with Gasteiger partial charge in [-0.2, -0.15) is 0 Å². The van der Waals surface area contributed by atoms with Crippen LogP contribution in [0.2, 0.25) is 5.02 Å². The third kappa shape index (κ3) is 3.50. The molecule has 1 nitrogen and oxygen atoms in total. The quantitative estimate of drug-likeness (QED) is 0.734. The topological polar surface area (TPSA) is 12.0 Å². The SMILES string of the molecule is C[C@@H](NC1CC(c2ccccc2Br)C1)c1ccc(Cl)cc1. The second kappa shape index (κ2) is 6.51. The predicted octanol–water partition coefficient (Wildman–Crippen LogP) is 5.70. The molecule has 0 heterocycles. The Morgan fingerprint density at radius 2 is 1.76 bits per heavy atom. The summed E-state index contributed by atoms with van der Waals surface area (Å²) in [6, 6.07) is 17.6. The summed E-state index contributed by atoms with van der Waals surface area (Å²) in [6.07, 6.45) is 2.42. The minimum Gasteiger partial charge on any atom is -0.307 e. The van der Waals surface area contributed by atoms with Gasteiger partial charge in [-0.05, 0) is 55.0 Å². The normalized spacial score (nSPS) is 22.6. The number of nitrogens with one attached hydrogen (secondary N) is 1. The van der Waals surface area contributed by atoms with Crippen LogP contribution in [-0.2, 0) is 0 Å². The van der Waals surface area contributed by atoms with Gasteiger partial charge in [-0.1, -0.05) is 57.9 Å². The van der Waals surface area contributed by atoms with Crippen molar-refractivity contribution in [1.82, 2.24) is 5.32 Å². The molecule has 3 rings (SSSR count). The van der Waals surface area contributed by atoms with E-state index in [9.17, 15) is 0 Å². The number of benzene rings is 2. The van der Waals surface area contributed by atoms with E-state index >= 15 is 0 Å². The molecule has 0 radical (unpaired) electrons. The monoisotopic (exact) mass is 363 g/mol. The van der Waals surface area contributed by atoms with Crippen molar-refractivity contribution in [3.63, 3.8) is 0 Å². The van der Waals surface area contributed by atoms with Gasteiger partial charge < -0.3 is 5.32 Å². The Balaban J connectivity index is 1.55. The third-order valence-corrected chi connectivity index (χ3v) is 5.31. The van der Waals surface area contributed by atoms with Gasteiger partial charge >= 0.3 is 0 Å². The molecule has 1 N–H and O–H groups in total. The minimum atomic E-state index is 0.368. The molecule has 2 aromatic carbocycles. The number of hydrogen-bond donors (Lipinski definition) is 1. The van der Waals surface area contributed by atoms with Crippen LogP contribution < -0.4 is 5.32 Å². The average molecular weight is 365 g/mol. The zero-order chi connectivity index (χ0) is 14.8. The predicted molar refractivity (Wildman–Crippen MR) is 92.9 cm³/mol. The van der Waals surface area contributed by atoms with Crippen molar-refractivity contribution in [2.24, 2.45) is 0 Å². The summed E-state index contributed by atoms with van der Waals surface area (Å²) in [4.78, 5) is 0. The maximum atomic E-state index is 5.94. The second-order valence-electron chi connectivity index (χ2n) is 5.83. The van der Waals surface area contributed by atoms with Crippen molar-refractivity contribution in [2.45, 2.75) is 37.8 Å². The Morgan fingerprint density at radius 3 is 2.43 bits per heavy atom. The van der Waals surface area contributed by atoms with Gasteiger partial charge in [0.15, 0.2) is 0 Å². The van der Waals surface area contributed by atoms with E-state index in [0.717, 1.165) is 5.02 Å². The van der Waals surface area contributed by atoms with Gasteiger partial charge in [0.25, 0.3) is 0 Å². The number of hydrogen-bond acceptors (Lipinski definition) is 1. The zero-order valence-corrected chi connectivity index (χ0v) is 14.4. The van der Waals surface area contributed by atoms with Crippen LogP contribution in [0.15, 0.2) is 53.0 Å². The Hall–Kier alpha value is -0.830. The Morgan fingerprint density at radius 1 is 1.10 bits per heavy atom. The van der Waals surface area contributed by atoms with E-state index in [2.05, 4.69) is 64.6 Å². The highest BCUT2D eigenvalue weighted by atomic mass is 79.9. The highest BCUT2D eigenvalue weighted by Gasteiger charge is 2.32. The van der Waals surface area contributed by atoms with E-state index in [4.69, 9.17) is 11.6 Å². The Kier molecular flexibility index (Phi) is 4.68. The molecule has 0 saturated heterocycles. The van der Waals surface area contributed by atoms with Crippen LogP contribution in [-0.4, -0.2) is 6.04 Å². The molecule has 1 fully saturated rings. The first kappa shape index (κ1) is 15.1. The number of halogens is 2. The maximum absolute atomic E-state index is 5.94. The van der Waals surface area contributed by atoms with Crippen LogP contribution in [0.4, 0.5) is 0 Å². The highest BCUT2D eigenvalue weighted by molar-refractivity contribution is 9.10. The first-order valence-electron chi connectivity index (χ1n) is 7.39. The summed E-state index contributed by atoms with van der Waals surface area (Å²) in [6.45, 7) is 2.22. The fourth-order valence-electron chi connectivity index (χ4n) is 3.02. The lowest BCUT2D eigenvalue weighted by Crippen LogP contribution is -2.41. The summed E-state index contributed by atoms with van der Waals surface area (Å²) in [5.41, 5.74) is 2.73.